The van der Waals surface area contributed by atoms with Gasteiger partial charge in [-0.05, 0) is 58.0 Å². The van der Waals surface area contributed by atoms with E-state index in [-0.39, 0.29) is 6.04 Å². The topological polar surface area (TPSA) is 43.8 Å². The molecule has 1 N–H and O–H groups in total. The molecule has 19 heavy (non-hydrogen) atoms. The average Bonchev–Trinajstić information content (AvgIpc) is 2.91. The van der Waals surface area contributed by atoms with E-state index in [4.69, 9.17) is 0 Å². The van der Waals surface area contributed by atoms with E-state index in [1.54, 1.807) is 0 Å². The Hall–Kier alpha value is -0.610. The van der Waals surface area contributed by atoms with Gasteiger partial charge in [0.15, 0.2) is 0 Å². The van der Waals surface area contributed by atoms with E-state index in [1.165, 1.54) is 12.8 Å². The van der Waals surface area contributed by atoms with Gasteiger partial charge in [-0.3, -0.25) is 9.69 Å². The molecule has 2 aliphatic heterocycles. The predicted molar refractivity (Wildman–Crippen MR) is 74.1 cm³/mol. The second kappa shape index (κ2) is 5.06. The maximum atomic E-state index is 11.7. The fourth-order valence-electron chi connectivity index (χ4n) is 4.61. The first kappa shape index (κ1) is 13.4. The van der Waals surface area contributed by atoms with E-state index in [0.29, 0.717) is 23.9 Å². The van der Waals surface area contributed by atoms with Gasteiger partial charge < -0.3 is 10.0 Å². The van der Waals surface area contributed by atoms with Gasteiger partial charge in [-0.2, -0.15) is 0 Å². The minimum absolute atomic E-state index is 0.201. The van der Waals surface area contributed by atoms with Crippen LogP contribution in [0.25, 0.3) is 0 Å². The monoisotopic (exact) mass is 266 g/mol. The number of hydrogen-bond acceptors (Lipinski definition) is 3. The minimum atomic E-state index is -0.582. The smallest absolute Gasteiger partial charge is 0.321 e. The zero-order chi connectivity index (χ0) is 13.6. The van der Waals surface area contributed by atoms with Crippen LogP contribution in [0.3, 0.4) is 0 Å². The summed E-state index contributed by atoms with van der Waals surface area (Å²) in [5, 5.41) is 9.63. The SMILES string of the molecule is CC1CC(N2CC3CCCC3C2C(=O)O)CCN1C. The number of carboxylic acids is 1. The molecule has 0 amide bonds. The summed E-state index contributed by atoms with van der Waals surface area (Å²) < 4.78 is 0. The molecule has 1 saturated carbocycles. The third-order valence-electron chi connectivity index (χ3n) is 5.83. The molecule has 4 nitrogen and oxygen atoms in total. The molecule has 3 aliphatic rings. The predicted octanol–water partition coefficient (Wildman–Crippen LogP) is 1.65. The number of rotatable bonds is 2. The zero-order valence-corrected chi connectivity index (χ0v) is 12.1. The van der Waals surface area contributed by atoms with Crippen molar-refractivity contribution < 1.29 is 9.90 Å². The third kappa shape index (κ3) is 2.29. The lowest BCUT2D eigenvalue weighted by molar-refractivity contribution is -0.145. The molecule has 2 saturated heterocycles. The number of carboxylic acid groups (broad SMARTS) is 1. The molecule has 0 spiro atoms. The highest BCUT2D eigenvalue weighted by Gasteiger charge is 2.50. The summed E-state index contributed by atoms with van der Waals surface area (Å²) in [6, 6.07) is 0.861. The standard InChI is InChI=1S/C15H26N2O2/c1-10-8-12(6-7-16(10)2)17-9-11-4-3-5-13(11)14(17)15(18)19/h10-14H,3-9H2,1-2H3,(H,18,19). The van der Waals surface area contributed by atoms with Crippen LogP contribution in [0.15, 0.2) is 0 Å². The van der Waals surface area contributed by atoms with E-state index in [1.807, 2.05) is 0 Å². The van der Waals surface area contributed by atoms with E-state index >= 15 is 0 Å². The Morgan fingerprint density at radius 2 is 2.05 bits per heavy atom. The normalized spacial score (nSPS) is 44.4. The molecule has 2 heterocycles. The quantitative estimate of drug-likeness (QED) is 0.825. The van der Waals surface area contributed by atoms with Gasteiger partial charge in [0, 0.05) is 18.6 Å². The van der Waals surface area contributed by atoms with Gasteiger partial charge in [-0.1, -0.05) is 6.42 Å². The summed E-state index contributed by atoms with van der Waals surface area (Å²) in [6.07, 6.45) is 5.86. The maximum absolute atomic E-state index is 11.7. The second-order valence-corrected chi connectivity index (χ2v) is 6.84. The van der Waals surface area contributed by atoms with Gasteiger partial charge in [0.2, 0.25) is 0 Å². The number of carbonyl (C=O) groups is 1. The summed E-state index contributed by atoms with van der Waals surface area (Å²) in [4.78, 5) is 16.4. The van der Waals surface area contributed by atoms with Crippen molar-refractivity contribution >= 4 is 5.97 Å². The van der Waals surface area contributed by atoms with Gasteiger partial charge in [-0.15, -0.1) is 0 Å². The fourth-order valence-corrected chi connectivity index (χ4v) is 4.61. The highest BCUT2D eigenvalue weighted by Crippen LogP contribution is 2.44. The van der Waals surface area contributed by atoms with Crippen LogP contribution in [0.4, 0.5) is 0 Å². The van der Waals surface area contributed by atoms with Crippen LogP contribution < -0.4 is 0 Å². The number of fused-ring (bicyclic) bond motifs is 1. The number of piperidine rings is 1. The lowest BCUT2D eigenvalue weighted by Crippen LogP contribution is -2.51. The molecule has 3 rings (SSSR count). The van der Waals surface area contributed by atoms with Crippen molar-refractivity contribution in [2.45, 2.75) is 57.2 Å². The van der Waals surface area contributed by atoms with Gasteiger partial charge >= 0.3 is 5.97 Å². The number of likely N-dealkylation sites (tertiary alicyclic amines) is 2. The molecule has 3 fully saturated rings. The maximum Gasteiger partial charge on any atom is 0.321 e. The highest BCUT2D eigenvalue weighted by atomic mass is 16.4. The average molecular weight is 266 g/mol. The fraction of sp³-hybridized carbons (Fsp3) is 0.933. The van der Waals surface area contributed by atoms with Crippen molar-refractivity contribution in [2.75, 3.05) is 20.1 Å². The summed E-state index contributed by atoms with van der Waals surface area (Å²) in [7, 11) is 2.17. The van der Waals surface area contributed by atoms with Gasteiger partial charge in [0.25, 0.3) is 0 Å². The van der Waals surface area contributed by atoms with Crippen molar-refractivity contribution in [2.24, 2.45) is 11.8 Å². The third-order valence-corrected chi connectivity index (χ3v) is 5.83. The molecule has 1 aliphatic carbocycles. The Balaban J connectivity index is 1.74. The van der Waals surface area contributed by atoms with E-state index in [0.717, 1.165) is 32.4 Å². The minimum Gasteiger partial charge on any atom is -0.480 e. The number of aliphatic carboxylic acids is 1. The molecule has 5 atom stereocenters. The zero-order valence-electron chi connectivity index (χ0n) is 12.1. The van der Waals surface area contributed by atoms with E-state index < -0.39 is 5.97 Å². The Morgan fingerprint density at radius 1 is 1.26 bits per heavy atom. The van der Waals surface area contributed by atoms with Crippen LogP contribution in [0.2, 0.25) is 0 Å². The van der Waals surface area contributed by atoms with Crippen LogP contribution in [0.1, 0.15) is 39.0 Å². The second-order valence-electron chi connectivity index (χ2n) is 6.84. The molecule has 5 unspecified atom stereocenters. The van der Waals surface area contributed by atoms with E-state index in [9.17, 15) is 9.90 Å². The summed E-state index contributed by atoms with van der Waals surface area (Å²) in [5.74, 6) is 0.490. The van der Waals surface area contributed by atoms with Gasteiger partial charge in [0.05, 0.1) is 0 Å². The molecule has 0 aromatic rings. The van der Waals surface area contributed by atoms with Crippen LogP contribution in [0.5, 0.6) is 0 Å². The van der Waals surface area contributed by atoms with Crippen molar-refractivity contribution in [3.8, 4) is 0 Å². The van der Waals surface area contributed by atoms with Crippen LogP contribution in [0, 0.1) is 11.8 Å². The number of nitrogens with zero attached hydrogens (tertiary/aromatic N) is 2. The van der Waals surface area contributed by atoms with E-state index in [2.05, 4.69) is 23.8 Å². The molecule has 0 aromatic heterocycles. The largest absolute Gasteiger partial charge is 0.480 e. The number of hydrogen-bond donors (Lipinski definition) is 1. The summed E-state index contributed by atoms with van der Waals surface area (Å²) in [5.41, 5.74) is 0. The van der Waals surface area contributed by atoms with Crippen molar-refractivity contribution in [3.05, 3.63) is 0 Å². The first-order valence-electron chi connectivity index (χ1n) is 7.76. The lowest BCUT2D eigenvalue weighted by Gasteiger charge is -2.41. The summed E-state index contributed by atoms with van der Waals surface area (Å²) in [6.45, 7) is 4.39. The van der Waals surface area contributed by atoms with Crippen molar-refractivity contribution in [1.82, 2.24) is 9.80 Å². The Morgan fingerprint density at radius 3 is 2.74 bits per heavy atom. The van der Waals surface area contributed by atoms with Gasteiger partial charge in [0.1, 0.15) is 6.04 Å². The molecule has 0 aromatic carbocycles. The molecule has 4 heteroatoms. The van der Waals surface area contributed by atoms with Crippen LogP contribution in [-0.4, -0.2) is 59.1 Å². The summed E-state index contributed by atoms with van der Waals surface area (Å²) >= 11 is 0. The first-order valence-corrected chi connectivity index (χ1v) is 7.76. The van der Waals surface area contributed by atoms with Crippen molar-refractivity contribution in [3.63, 3.8) is 0 Å². The molecule has 0 radical (unpaired) electrons. The Bertz CT molecular complexity index is 360. The molecule has 0 bridgehead atoms. The molecular weight excluding hydrogens is 240 g/mol. The van der Waals surface area contributed by atoms with Crippen LogP contribution in [-0.2, 0) is 4.79 Å². The molecule has 108 valence electrons. The Labute approximate surface area is 115 Å². The van der Waals surface area contributed by atoms with Crippen LogP contribution >= 0.6 is 0 Å². The van der Waals surface area contributed by atoms with Crippen molar-refractivity contribution in [1.29, 1.82) is 0 Å². The van der Waals surface area contributed by atoms with Gasteiger partial charge in [-0.25, -0.2) is 0 Å². The Kier molecular flexibility index (Phi) is 3.56. The molecular formula is C15H26N2O2. The lowest BCUT2D eigenvalue weighted by atomic mass is 9.93. The first-order chi connectivity index (χ1) is 9.08. The highest BCUT2D eigenvalue weighted by molar-refractivity contribution is 5.74.